The maximum absolute atomic E-state index is 13.0. The molecule has 0 atom stereocenters. The molecule has 7 heteroatoms. The van der Waals surface area contributed by atoms with Gasteiger partial charge in [0.15, 0.2) is 0 Å². The van der Waals surface area contributed by atoms with Gasteiger partial charge in [0.1, 0.15) is 0 Å². The number of hydrogen-bond acceptors (Lipinski definition) is 5. The van der Waals surface area contributed by atoms with E-state index in [1.807, 2.05) is 30.3 Å². The van der Waals surface area contributed by atoms with Gasteiger partial charge in [-0.2, -0.15) is 0 Å². The van der Waals surface area contributed by atoms with Crippen molar-refractivity contribution >= 4 is 40.5 Å². The van der Waals surface area contributed by atoms with Crippen LogP contribution in [0.3, 0.4) is 0 Å². The number of carbonyl (C=O) groups is 3. The van der Waals surface area contributed by atoms with Crippen LogP contribution in [-0.4, -0.2) is 29.6 Å². The molecule has 1 aliphatic heterocycles. The minimum absolute atomic E-state index is 0.0640. The van der Waals surface area contributed by atoms with Crippen molar-refractivity contribution in [3.05, 3.63) is 95.1 Å². The van der Waals surface area contributed by atoms with Crippen LogP contribution in [0.15, 0.2) is 72.8 Å². The zero-order chi connectivity index (χ0) is 23.4. The Morgan fingerprint density at radius 2 is 1.70 bits per heavy atom. The minimum Gasteiger partial charge on any atom is -0.481 e. The van der Waals surface area contributed by atoms with Crippen molar-refractivity contribution in [1.82, 2.24) is 0 Å². The summed E-state index contributed by atoms with van der Waals surface area (Å²) in [6.07, 6.45) is -0.0640. The van der Waals surface area contributed by atoms with Gasteiger partial charge >= 0.3 is 11.9 Å². The molecule has 4 rings (SSSR count). The van der Waals surface area contributed by atoms with Crippen molar-refractivity contribution in [2.45, 2.75) is 13.3 Å². The Bertz CT molecular complexity index is 1250. The molecule has 7 nitrogen and oxygen atoms in total. The van der Waals surface area contributed by atoms with Gasteiger partial charge in [0.2, 0.25) is 0 Å². The van der Waals surface area contributed by atoms with Crippen LogP contribution in [0.4, 0.5) is 11.4 Å². The first kappa shape index (κ1) is 21.8. The molecular formula is C26H22N2O5. The third kappa shape index (κ3) is 4.77. The van der Waals surface area contributed by atoms with Crippen molar-refractivity contribution in [2.24, 2.45) is 0 Å². The number of anilines is 2. The lowest BCUT2D eigenvalue weighted by Gasteiger charge is -2.15. The minimum atomic E-state index is -0.899. The standard InChI is InChI=1S/C26H22N2O5/c1-2-33-26(32)18-10-13-20-21(15-18)28-25(31)23(20)24(17-6-4-3-5-7-17)27-19-11-8-16(9-12-19)14-22(29)30/h3-13,15,27H,2,14H2,1H3,(H,28,31)(H,29,30). The maximum atomic E-state index is 13.0. The lowest BCUT2D eigenvalue weighted by Crippen LogP contribution is -2.10. The van der Waals surface area contributed by atoms with Gasteiger partial charge in [-0.05, 0) is 42.3 Å². The van der Waals surface area contributed by atoms with Gasteiger partial charge in [-0.1, -0.05) is 48.5 Å². The number of aliphatic carboxylic acids is 1. The molecule has 1 heterocycles. The van der Waals surface area contributed by atoms with E-state index in [2.05, 4.69) is 10.6 Å². The fraction of sp³-hybridized carbons (Fsp3) is 0.115. The second-order valence-corrected chi connectivity index (χ2v) is 7.44. The van der Waals surface area contributed by atoms with E-state index < -0.39 is 11.9 Å². The van der Waals surface area contributed by atoms with Gasteiger partial charge < -0.3 is 20.5 Å². The van der Waals surface area contributed by atoms with Gasteiger partial charge in [0.05, 0.1) is 35.5 Å². The Balaban J connectivity index is 1.77. The molecule has 0 bridgehead atoms. The van der Waals surface area contributed by atoms with E-state index in [0.717, 1.165) is 5.56 Å². The van der Waals surface area contributed by atoms with Crippen LogP contribution in [0.2, 0.25) is 0 Å². The van der Waals surface area contributed by atoms with E-state index in [0.29, 0.717) is 39.3 Å². The quantitative estimate of drug-likeness (QED) is 0.370. The molecule has 0 radical (unpaired) electrons. The van der Waals surface area contributed by atoms with Crippen molar-refractivity contribution in [3.8, 4) is 0 Å². The Hall–Kier alpha value is -4.39. The number of benzene rings is 3. The predicted octanol–water partition coefficient (Wildman–Crippen LogP) is 4.42. The summed E-state index contributed by atoms with van der Waals surface area (Å²) < 4.78 is 5.06. The summed E-state index contributed by atoms with van der Waals surface area (Å²) in [5, 5.41) is 15.2. The number of hydrogen-bond donors (Lipinski definition) is 3. The molecule has 1 amide bonds. The molecule has 0 fully saturated rings. The van der Waals surface area contributed by atoms with Gasteiger partial charge in [0, 0.05) is 11.3 Å². The highest BCUT2D eigenvalue weighted by Gasteiger charge is 2.29. The monoisotopic (exact) mass is 442 g/mol. The van der Waals surface area contributed by atoms with E-state index in [4.69, 9.17) is 9.84 Å². The average molecular weight is 442 g/mol. The van der Waals surface area contributed by atoms with Crippen LogP contribution >= 0.6 is 0 Å². The number of carboxylic acid groups (broad SMARTS) is 1. The normalized spacial score (nSPS) is 13.7. The maximum Gasteiger partial charge on any atom is 0.338 e. The molecule has 3 N–H and O–H groups in total. The Kier molecular flexibility index (Phi) is 6.22. The number of carboxylic acids is 1. The van der Waals surface area contributed by atoms with Gasteiger partial charge in [0.25, 0.3) is 5.91 Å². The third-order valence-electron chi connectivity index (χ3n) is 5.17. The molecule has 0 aromatic heterocycles. The predicted molar refractivity (Wildman–Crippen MR) is 126 cm³/mol. The highest BCUT2D eigenvalue weighted by atomic mass is 16.5. The van der Waals surface area contributed by atoms with Crippen LogP contribution in [0.1, 0.15) is 34.0 Å². The molecule has 166 valence electrons. The van der Waals surface area contributed by atoms with Crippen LogP contribution in [0.25, 0.3) is 11.3 Å². The first-order valence-electron chi connectivity index (χ1n) is 10.5. The fourth-order valence-electron chi connectivity index (χ4n) is 3.67. The first-order valence-corrected chi connectivity index (χ1v) is 10.5. The molecule has 0 saturated heterocycles. The number of esters is 1. The zero-order valence-electron chi connectivity index (χ0n) is 17.9. The number of ether oxygens (including phenoxy) is 1. The van der Waals surface area contributed by atoms with Gasteiger partial charge in [-0.25, -0.2) is 4.79 Å². The van der Waals surface area contributed by atoms with E-state index in [9.17, 15) is 14.4 Å². The van der Waals surface area contributed by atoms with Crippen molar-refractivity contribution in [3.63, 3.8) is 0 Å². The second-order valence-electron chi connectivity index (χ2n) is 7.44. The highest BCUT2D eigenvalue weighted by Crippen LogP contribution is 2.38. The van der Waals surface area contributed by atoms with E-state index in [-0.39, 0.29) is 18.9 Å². The summed E-state index contributed by atoms with van der Waals surface area (Å²) in [5.74, 6) is -1.64. The molecule has 0 unspecified atom stereocenters. The van der Waals surface area contributed by atoms with E-state index in [1.165, 1.54) is 0 Å². The van der Waals surface area contributed by atoms with Gasteiger partial charge in [-0.15, -0.1) is 0 Å². The molecule has 1 aliphatic rings. The molecule has 0 aliphatic carbocycles. The zero-order valence-corrected chi connectivity index (χ0v) is 17.9. The Labute approximate surface area is 190 Å². The Morgan fingerprint density at radius 3 is 2.36 bits per heavy atom. The van der Waals surface area contributed by atoms with E-state index >= 15 is 0 Å². The molecule has 3 aromatic rings. The summed E-state index contributed by atoms with van der Waals surface area (Å²) in [6.45, 7) is 2.00. The molecular weight excluding hydrogens is 420 g/mol. The van der Waals surface area contributed by atoms with Crippen LogP contribution < -0.4 is 10.6 Å². The van der Waals surface area contributed by atoms with Crippen molar-refractivity contribution < 1.29 is 24.2 Å². The van der Waals surface area contributed by atoms with Crippen LogP contribution in [0, 0.1) is 0 Å². The largest absolute Gasteiger partial charge is 0.481 e. The number of rotatable bonds is 7. The first-order chi connectivity index (χ1) is 16.0. The number of amides is 1. The molecule has 0 spiro atoms. The number of fused-ring (bicyclic) bond motifs is 1. The van der Waals surface area contributed by atoms with Crippen molar-refractivity contribution in [2.75, 3.05) is 17.2 Å². The summed E-state index contributed by atoms with van der Waals surface area (Å²) in [7, 11) is 0. The topological polar surface area (TPSA) is 105 Å². The molecule has 3 aromatic carbocycles. The second kappa shape index (κ2) is 9.40. The SMILES string of the molecule is CCOC(=O)c1ccc2c(c1)NC(=O)C2=C(Nc1ccc(CC(=O)O)cc1)c1ccccc1. The third-order valence-corrected chi connectivity index (χ3v) is 5.17. The number of nitrogens with one attached hydrogen (secondary N) is 2. The van der Waals surface area contributed by atoms with Crippen LogP contribution in [-0.2, 0) is 20.7 Å². The summed E-state index contributed by atoms with van der Waals surface area (Å²) in [6, 6.07) is 21.4. The lowest BCUT2D eigenvalue weighted by molar-refractivity contribution is -0.136. The average Bonchev–Trinajstić information content (AvgIpc) is 3.13. The summed E-state index contributed by atoms with van der Waals surface area (Å²) in [4.78, 5) is 36.1. The highest BCUT2D eigenvalue weighted by molar-refractivity contribution is 6.37. The van der Waals surface area contributed by atoms with E-state index in [1.54, 1.807) is 49.4 Å². The van der Waals surface area contributed by atoms with Crippen molar-refractivity contribution in [1.29, 1.82) is 0 Å². The summed E-state index contributed by atoms with van der Waals surface area (Å²) >= 11 is 0. The fourth-order valence-corrected chi connectivity index (χ4v) is 3.67. The molecule has 0 saturated carbocycles. The smallest absolute Gasteiger partial charge is 0.338 e. The lowest BCUT2D eigenvalue weighted by atomic mass is 9.99. The Morgan fingerprint density at radius 1 is 0.970 bits per heavy atom. The molecule has 33 heavy (non-hydrogen) atoms. The number of carbonyl (C=O) groups excluding carboxylic acids is 2. The van der Waals surface area contributed by atoms with Crippen LogP contribution in [0.5, 0.6) is 0 Å². The summed E-state index contributed by atoms with van der Waals surface area (Å²) in [5.41, 5.74) is 4.80. The van der Waals surface area contributed by atoms with Gasteiger partial charge in [-0.3, -0.25) is 9.59 Å².